The molecule has 1 N–H and O–H groups in total. The van der Waals surface area contributed by atoms with Gasteiger partial charge in [0.2, 0.25) is 0 Å². The van der Waals surface area contributed by atoms with Gasteiger partial charge in [0.15, 0.2) is 0 Å². The molecule has 1 aliphatic rings. The van der Waals surface area contributed by atoms with Crippen molar-refractivity contribution in [3.05, 3.63) is 16.5 Å². The van der Waals surface area contributed by atoms with E-state index in [-0.39, 0.29) is 0 Å². The first-order chi connectivity index (χ1) is 7.65. The molecule has 1 fully saturated rings. The van der Waals surface area contributed by atoms with E-state index in [2.05, 4.69) is 45.1 Å². The van der Waals surface area contributed by atoms with Gasteiger partial charge in [0.05, 0.1) is 0 Å². The van der Waals surface area contributed by atoms with Gasteiger partial charge in [0.25, 0.3) is 0 Å². The van der Waals surface area contributed by atoms with Crippen LogP contribution in [0.4, 0.5) is 5.82 Å². The minimum atomic E-state index is 0.600. The summed E-state index contributed by atoms with van der Waals surface area (Å²) in [5, 5.41) is 3.36. The highest BCUT2D eigenvalue weighted by atomic mass is 79.9. The zero-order valence-corrected chi connectivity index (χ0v) is 11.4. The number of rotatable bonds is 5. The summed E-state index contributed by atoms with van der Waals surface area (Å²) in [5.74, 6) is 3.26. The summed E-state index contributed by atoms with van der Waals surface area (Å²) in [6, 6.07) is 1.95. The van der Waals surface area contributed by atoms with Gasteiger partial charge in [-0.3, -0.25) is 0 Å². The number of nitrogens with zero attached hydrogens (tertiary/aromatic N) is 2. The standard InChI is InChI=1S/C12H18BrN3/c1-8(2)5-6-14-11-7-10(13)15-12(16-11)9-3-4-9/h7-9H,3-6H2,1-2H3,(H,14,15,16). The van der Waals surface area contributed by atoms with Gasteiger partial charge in [0.1, 0.15) is 16.2 Å². The average molecular weight is 284 g/mol. The average Bonchev–Trinajstić information content (AvgIpc) is 2.99. The Morgan fingerprint density at radius 2 is 2.19 bits per heavy atom. The molecule has 0 spiro atoms. The van der Waals surface area contributed by atoms with E-state index >= 15 is 0 Å². The SMILES string of the molecule is CC(C)CCNc1cc(Br)nc(C2CC2)n1. The summed E-state index contributed by atoms with van der Waals surface area (Å²) in [6.45, 7) is 5.44. The maximum atomic E-state index is 4.54. The van der Waals surface area contributed by atoms with E-state index in [1.54, 1.807) is 0 Å². The molecule has 0 atom stereocenters. The summed E-state index contributed by atoms with van der Waals surface area (Å²) in [7, 11) is 0. The highest BCUT2D eigenvalue weighted by Gasteiger charge is 2.27. The van der Waals surface area contributed by atoms with E-state index in [1.807, 2.05) is 6.07 Å². The fraction of sp³-hybridized carbons (Fsp3) is 0.667. The van der Waals surface area contributed by atoms with Crippen LogP contribution in [0.1, 0.15) is 44.9 Å². The van der Waals surface area contributed by atoms with Crippen LogP contribution in [-0.4, -0.2) is 16.5 Å². The van der Waals surface area contributed by atoms with Crippen LogP contribution in [0.5, 0.6) is 0 Å². The molecular weight excluding hydrogens is 266 g/mol. The van der Waals surface area contributed by atoms with Crippen LogP contribution in [0.3, 0.4) is 0 Å². The maximum Gasteiger partial charge on any atom is 0.135 e. The lowest BCUT2D eigenvalue weighted by Crippen LogP contribution is -2.07. The second kappa shape index (κ2) is 5.13. The molecule has 0 aromatic carbocycles. The van der Waals surface area contributed by atoms with Gasteiger partial charge >= 0.3 is 0 Å². The second-order valence-electron chi connectivity index (χ2n) is 4.82. The number of halogens is 1. The zero-order valence-electron chi connectivity index (χ0n) is 9.83. The molecule has 1 saturated carbocycles. The van der Waals surface area contributed by atoms with E-state index in [1.165, 1.54) is 19.3 Å². The minimum Gasteiger partial charge on any atom is -0.370 e. The smallest absolute Gasteiger partial charge is 0.135 e. The van der Waals surface area contributed by atoms with Crippen molar-refractivity contribution in [2.45, 2.75) is 39.0 Å². The van der Waals surface area contributed by atoms with Crippen molar-refractivity contribution in [2.75, 3.05) is 11.9 Å². The molecule has 1 aromatic heterocycles. The number of anilines is 1. The number of hydrogen-bond donors (Lipinski definition) is 1. The number of aromatic nitrogens is 2. The van der Waals surface area contributed by atoms with Crippen LogP contribution in [0.2, 0.25) is 0 Å². The van der Waals surface area contributed by atoms with Gasteiger partial charge in [-0.25, -0.2) is 9.97 Å². The summed E-state index contributed by atoms with van der Waals surface area (Å²) in [5.41, 5.74) is 0. The van der Waals surface area contributed by atoms with Gasteiger partial charge in [-0.15, -0.1) is 0 Å². The lowest BCUT2D eigenvalue weighted by molar-refractivity contribution is 0.606. The molecule has 0 bridgehead atoms. The first kappa shape index (κ1) is 11.8. The summed E-state index contributed by atoms with van der Waals surface area (Å²) < 4.78 is 0.886. The molecule has 0 saturated heterocycles. The maximum absolute atomic E-state index is 4.54. The molecule has 0 aliphatic heterocycles. The summed E-state index contributed by atoms with van der Waals surface area (Å²) in [4.78, 5) is 8.94. The highest BCUT2D eigenvalue weighted by molar-refractivity contribution is 9.10. The van der Waals surface area contributed by atoms with Gasteiger partial charge in [-0.1, -0.05) is 13.8 Å². The Morgan fingerprint density at radius 3 is 2.81 bits per heavy atom. The van der Waals surface area contributed by atoms with Crippen molar-refractivity contribution < 1.29 is 0 Å². The van der Waals surface area contributed by atoms with Crippen molar-refractivity contribution >= 4 is 21.7 Å². The monoisotopic (exact) mass is 283 g/mol. The van der Waals surface area contributed by atoms with E-state index in [4.69, 9.17) is 0 Å². The molecule has 0 unspecified atom stereocenters. The second-order valence-corrected chi connectivity index (χ2v) is 5.63. The molecule has 88 valence electrons. The topological polar surface area (TPSA) is 37.8 Å². The lowest BCUT2D eigenvalue weighted by atomic mass is 10.1. The quantitative estimate of drug-likeness (QED) is 0.840. The summed E-state index contributed by atoms with van der Waals surface area (Å²) >= 11 is 3.44. The number of hydrogen-bond acceptors (Lipinski definition) is 3. The van der Waals surface area contributed by atoms with E-state index < -0.39 is 0 Å². The van der Waals surface area contributed by atoms with Crippen molar-refractivity contribution in [2.24, 2.45) is 5.92 Å². The van der Waals surface area contributed by atoms with Crippen LogP contribution in [0.15, 0.2) is 10.7 Å². The van der Waals surface area contributed by atoms with Crippen molar-refractivity contribution in [1.29, 1.82) is 0 Å². The normalized spacial score (nSPS) is 15.5. The first-order valence-electron chi connectivity index (χ1n) is 5.93. The Labute approximate surface area is 105 Å². The van der Waals surface area contributed by atoms with Crippen LogP contribution in [0, 0.1) is 5.92 Å². The van der Waals surface area contributed by atoms with Crippen LogP contribution < -0.4 is 5.32 Å². The van der Waals surface area contributed by atoms with Gasteiger partial charge in [-0.05, 0) is 41.1 Å². The first-order valence-corrected chi connectivity index (χ1v) is 6.73. The molecule has 1 aliphatic carbocycles. The fourth-order valence-electron chi connectivity index (χ4n) is 1.54. The Bertz CT molecular complexity index is 361. The number of nitrogens with one attached hydrogen (secondary N) is 1. The minimum absolute atomic E-state index is 0.600. The third-order valence-electron chi connectivity index (χ3n) is 2.68. The van der Waals surface area contributed by atoms with Crippen molar-refractivity contribution in [1.82, 2.24) is 9.97 Å². The third-order valence-corrected chi connectivity index (χ3v) is 3.09. The molecule has 4 heteroatoms. The predicted molar refractivity (Wildman–Crippen MR) is 69.7 cm³/mol. The molecule has 16 heavy (non-hydrogen) atoms. The van der Waals surface area contributed by atoms with Crippen LogP contribution in [-0.2, 0) is 0 Å². The van der Waals surface area contributed by atoms with Crippen LogP contribution in [0.25, 0.3) is 0 Å². The molecule has 0 radical (unpaired) electrons. The summed E-state index contributed by atoms with van der Waals surface area (Å²) in [6.07, 6.45) is 3.64. The van der Waals surface area contributed by atoms with Crippen molar-refractivity contribution in [3.8, 4) is 0 Å². The van der Waals surface area contributed by atoms with E-state index in [0.717, 1.165) is 28.7 Å². The predicted octanol–water partition coefficient (Wildman–Crippen LogP) is 3.57. The highest BCUT2D eigenvalue weighted by Crippen LogP contribution is 2.38. The molecule has 3 nitrogen and oxygen atoms in total. The zero-order chi connectivity index (χ0) is 11.5. The Hall–Kier alpha value is -0.640. The van der Waals surface area contributed by atoms with Gasteiger partial charge in [-0.2, -0.15) is 0 Å². The molecular formula is C12H18BrN3. The Balaban J connectivity index is 1.97. The van der Waals surface area contributed by atoms with Gasteiger partial charge < -0.3 is 5.32 Å². The lowest BCUT2D eigenvalue weighted by Gasteiger charge is -2.09. The van der Waals surface area contributed by atoms with Crippen molar-refractivity contribution in [3.63, 3.8) is 0 Å². The van der Waals surface area contributed by atoms with Crippen LogP contribution >= 0.6 is 15.9 Å². The Kier molecular flexibility index (Phi) is 3.79. The molecule has 1 aromatic rings. The van der Waals surface area contributed by atoms with E-state index in [9.17, 15) is 0 Å². The molecule has 0 amide bonds. The van der Waals surface area contributed by atoms with E-state index in [0.29, 0.717) is 5.92 Å². The third kappa shape index (κ3) is 3.44. The Morgan fingerprint density at radius 1 is 1.44 bits per heavy atom. The molecule has 1 heterocycles. The van der Waals surface area contributed by atoms with Gasteiger partial charge in [0, 0.05) is 18.5 Å². The fourth-order valence-corrected chi connectivity index (χ4v) is 1.94. The molecule has 2 rings (SSSR count). The largest absolute Gasteiger partial charge is 0.370 e.